The van der Waals surface area contributed by atoms with Crippen LogP contribution in [0.3, 0.4) is 0 Å². The van der Waals surface area contributed by atoms with Crippen LogP contribution in [0.4, 0.5) is 0 Å². The minimum absolute atomic E-state index is 0. The number of fused-ring (bicyclic) bond motifs is 1. The molecule has 3 nitrogen and oxygen atoms in total. The molecule has 1 unspecified atom stereocenters. The summed E-state index contributed by atoms with van der Waals surface area (Å²) in [7, 11) is 0. The Balaban J connectivity index is 0.00000162. The summed E-state index contributed by atoms with van der Waals surface area (Å²) in [6, 6.07) is 7.54. The molecule has 1 aromatic heterocycles. The zero-order chi connectivity index (χ0) is 12.4. The molecule has 1 aromatic carbocycles. The van der Waals surface area contributed by atoms with Gasteiger partial charge in [0.15, 0.2) is 0 Å². The van der Waals surface area contributed by atoms with Crippen molar-refractivity contribution >= 4 is 56.1 Å². The van der Waals surface area contributed by atoms with E-state index in [9.17, 15) is 10.2 Å². The molecule has 0 N–H and O–H groups in total. The quantitative estimate of drug-likeness (QED) is 0.405. The molecule has 0 aliphatic heterocycles. The van der Waals surface area contributed by atoms with Gasteiger partial charge < -0.3 is 10.2 Å². The topological polar surface area (TPSA) is 59.0 Å². The Kier molecular flexibility index (Phi) is 11.2. The third-order valence-electron chi connectivity index (χ3n) is 2.26. The third kappa shape index (κ3) is 6.05. The van der Waals surface area contributed by atoms with Crippen LogP contribution in [0.25, 0.3) is 10.2 Å². The van der Waals surface area contributed by atoms with Gasteiger partial charge in [-0.1, -0.05) is 22.2 Å². The average molecular weight is 360 g/mol. The monoisotopic (exact) mass is 359 g/mol. The second kappa shape index (κ2) is 10.0. The minimum atomic E-state index is -0.674. The Morgan fingerprint density at radius 3 is 2.37 bits per heavy atom. The molecule has 0 bridgehead atoms. The fraction of sp³-hybridized carbons (Fsp3) is 0.182. The normalized spacial score (nSPS) is 11.2. The molecule has 0 aliphatic carbocycles. The Morgan fingerprint density at radius 2 is 1.84 bits per heavy atom. The van der Waals surface area contributed by atoms with E-state index in [1.807, 2.05) is 24.3 Å². The van der Waals surface area contributed by atoms with Crippen molar-refractivity contribution in [2.75, 3.05) is 0 Å². The van der Waals surface area contributed by atoms with Crippen molar-refractivity contribution in [3.05, 3.63) is 29.3 Å². The van der Waals surface area contributed by atoms with E-state index in [1.54, 1.807) is 0 Å². The molecule has 0 fully saturated rings. The molecule has 0 saturated carbocycles. The maximum absolute atomic E-state index is 11.3. The van der Waals surface area contributed by atoms with Crippen molar-refractivity contribution in [1.82, 2.24) is 4.98 Å². The van der Waals surface area contributed by atoms with Crippen molar-refractivity contribution in [2.45, 2.75) is 12.3 Å². The Bertz CT molecular complexity index is 555. The fourth-order valence-corrected chi connectivity index (χ4v) is 2.98. The van der Waals surface area contributed by atoms with Crippen molar-refractivity contribution < 1.29 is 113 Å². The number of rotatable bonds is 4. The van der Waals surface area contributed by atoms with Gasteiger partial charge in [0.05, 0.1) is 10.2 Å². The van der Waals surface area contributed by atoms with Gasteiger partial charge in [0.2, 0.25) is 0 Å². The molecule has 0 spiro atoms. The predicted octanol–water partition coefficient (Wildman–Crippen LogP) is -4.85. The van der Waals surface area contributed by atoms with Crippen LogP contribution in [0.5, 0.6) is 0 Å². The van der Waals surface area contributed by atoms with Crippen LogP contribution in [0.2, 0.25) is 0 Å². The first kappa shape index (κ1) is 21.2. The van der Waals surface area contributed by atoms with Crippen LogP contribution in [-0.4, -0.2) is 15.1 Å². The number of hydrogen-bond acceptors (Lipinski definition) is 6. The van der Waals surface area contributed by atoms with E-state index in [0.717, 1.165) is 10.2 Å². The molecular formula is C11H7K2NO2S3. The first-order valence-corrected chi connectivity index (χ1v) is 6.47. The van der Waals surface area contributed by atoms with Gasteiger partial charge in [0, 0.05) is 5.92 Å². The summed E-state index contributed by atoms with van der Waals surface area (Å²) < 4.78 is 0.973. The fourth-order valence-electron chi connectivity index (χ4n) is 1.48. The van der Waals surface area contributed by atoms with Crippen molar-refractivity contribution in [3.8, 4) is 0 Å². The van der Waals surface area contributed by atoms with Crippen LogP contribution in [-0.2, 0) is 0 Å². The number of nitrogens with zero attached hydrogens (tertiary/aromatic N) is 1. The Morgan fingerprint density at radius 1 is 1.21 bits per heavy atom. The van der Waals surface area contributed by atoms with Gasteiger partial charge in [-0.25, -0.2) is 4.98 Å². The number of aromatic nitrogens is 1. The number of para-hydroxylation sites is 1. The summed E-state index contributed by atoms with van der Waals surface area (Å²) in [6.07, 6.45) is -0.0442. The molecule has 2 rings (SSSR count). The molecule has 0 amide bonds. The number of hydrogen-bond donors (Lipinski definition) is 0. The van der Waals surface area contributed by atoms with E-state index in [2.05, 4.69) is 29.4 Å². The summed E-state index contributed by atoms with van der Waals surface area (Å²) in [4.78, 5) is 4.32. The van der Waals surface area contributed by atoms with Gasteiger partial charge in [-0.2, -0.15) is 0 Å². The number of benzene rings is 1. The molecule has 0 saturated heterocycles. The van der Waals surface area contributed by atoms with Crippen LogP contribution in [0.15, 0.2) is 24.3 Å². The van der Waals surface area contributed by atoms with Gasteiger partial charge in [-0.05, 0) is 18.6 Å². The zero-order valence-electron chi connectivity index (χ0n) is 10.6. The molecule has 19 heavy (non-hydrogen) atoms. The SMILES string of the molecule is [K+].[K+].[O-]C(=S)CC(C([O-])=S)c1nc2ccccc2s1. The summed E-state index contributed by atoms with van der Waals surface area (Å²) in [5, 5.41) is 21.9. The van der Waals surface area contributed by atoms with Crippen molar-refractivity contribution in [1.29, 1.82) is 0 Å². The van der Waals surface area contributed by atoms with E-state index in [0.29, 0.717) is 5.01 Å². The van der Waals surface area contributed by atoms with Crippen LogP contribution in [0, 0.1) is 0 Å². The first-order chi connectivity index (χ1) is 8.08. The molecular weight excluding hydrogens is 353 g/mol. The van der Waals surface area contributed by atoms with Crippen molar-refractivity contribution in [2.24, 2.45) is 0 Å². The summed E-state index contributed by atoms with van der Waals surface area (Å²) >= 11 is 10.5. The Labute approximate surface area is 211 Å². The average Bonchev–Trinajstić information content (AvgIpc) is 2.68. The van der Waals surface area contributed by atoms with Gasteiger partial charge in [0.1, 0.15) is 5.01 Å². The summed E-state index contributed by atoms with van der Waals surface area (Å²) in [5.74, 6) is -0.674. The zero-order valence-corrected chi connectivity index (χ0v) is 19.3. The molecule has 88 valence electrons. The van der Waals surface area contributed by atoms with E-state index in [4.69, 9.17) is 0 Å². The number of thiazole rings is 1. The standard InChI is InChI=1S/C11H9NO2S3.2K/c13-9(15)5-6(11(14)16)10-12-7-3-1-2-4-8(7)17-10;;/h1-4,6H,5H2,(H,13,15)(H,14,16);;/q;2*+1/p-2. The summed E-state index contributed by atoms with van der Waals surface area (Å²) in [6.45, 7) is 0. The van der Waals surface area contributed by atoms with Gasteiger partial charge in [-0.15, -0.1) is 35.8 Å². The van der Waals surface area contributed by atoms with Gasteiger partial charge in [-0.3, -0.25) is 0 Å². The molecule has 1 heterocycles. The molecule has 0 aliphatic rings. The smallest absolute Gasteiger partial charge is 0.867 e. The third-order valence-corrected chi connectivity index (χ3v) is 3.87. The van der Waals surface area contributed by atoms with Crippen molar-refractivity contribution in [3.63, 3.8) is 0 Å². The van der Waals surface area contributed by atoms with Crippen LogP contribution in [0.1, 0.15) is 17.3 Å². The second-order valence-electron chi connectivity index (χ2n) is 3.47. The van der Waals surface area contributed by atoms with E-state index in [1.165, 1.54) is 11.3 Å². The van der Waals surface area contributed by atoms with Crippen LogP contribution < -0.4 is 113 Å². The first-order valence-electron chi connectivity index (χ1n) is 4.84. The van der Waals surface area contributed by atoms with E-state index in [-0.39, 0.29) is 109 Å². The molecule has 0 radical (unpaired) electrons. The van der Waals surface area contributed by atoms with E-state index >= 15 is 0 Å². The molecule has 1 atom stereocenters. The second-order valence-corrected chi connectivity index (χ2v) is 5.39. The molecule has 2 aromatic rings. The van der Waals surface area contributed by atoms with Gasteiger partial charge in [0.25, 0.3) is 0 Å². The predicted molar refractivity (Wildman–Crippen MR) is 72.2 cm³/mol. The van der Waals surface area contributed by atoms with E-state index < -0.39 is 16.0 Å². The maximum atomic E-state index is 11.3. The van der Waals surface area contributed by atoms with Gasteiger partial charge >= 0.3 is 103 Å². The molecule has 8 heteroatoms. The number of thiocarbonyl (C=S) groups is 2. The van der Waals surface area contributed by atoms with Crippen LogP contribution >= 0.6 is 35.8 Å². The minimum Gasteiger partial charge on any atom is -0.867 e. The largest absolute Gasteiger partial charge is 1.00 e. The maximum Gasteiger partial charge on any atom is 1.00 e. The Hall–Kier alpha value is 2.16. The summed E-state index contributed by atoms with van der Waals surface area (Å²) in [5.41, 5.74) is 0.811.